The summed E-state index contributed by atoms with van der Waals surface area (Å²) in [4.78, 5) is 1.50. The van der Waals surface area contributed by atoms with Gasteiger partial charge < -0.3 is 5.32 Å². The van der Waals surface area contributed by atoms with E-state index >= 15 is 0 Å². The van der Waals surface area contributed by atoms with Gasteiger partial charge in [-0.25, -0.2) is 0 Å². The molecule has 14 heavy (non-hydrogen) atoms. The van der Waals surface area contributed by atoms with Crippen molar-refractivity contribution in [1.29, 1.82) is 0 Å². The lowest BCUT2D eigenvalue weighted by atomic mass is 10.1. The summed E-state index contributed by atoms with van der Waals surface area (Å²) in [5.74, 6) is 2.86. The first-order chi connectivity index (χ1) is 6.81. The third-order valence-electron chi connectivity index (χ3n) is 3.34. The zero-order chi connectivity index (χ0) is 9.54. The lowest BCUT2D eigenvalue weighted by Gasteiger charge is -2.11. The van der Waals surface area contributed by atoms with Crippen LogP contribution in [0.2, 0.25) is 0 Å². The second-order valence-electron chi connectivity index (χ2n) is 4.50. The maximum Gasteiger partial charge on any atom is 0.188 e. The Bertz CT molecular complexity index is 324. The highest BCUT2D eigenvalue weighted by molar-refractivity contribution is 4.99. The fourth-order valence-corrected chi connectivity index (χ4v) is 2.51. The number of aromatic nitrogens is 4. The Morgan fingerprint density at radius 2 is 2.14 bits per heavy atom. The Hall–Kier alpha value is -0.970. The highest BCUT2D eigenvalue weighted by Crippen LogP contribution is 2.51. The number of aryl methyl sites for hydroxylation is 1. The van der Waals surface area contributed by atoms with Crippen molar-refractivity contribution in [2.24, 2.45) is 18.9 Å². The number of tetrazole rings is 1. The van der Waals surface area contributed by atoms with Gasteiger partial charge in [0.05, 0.1) is 13.6 Å². The lowest BCUT2D eigenvalue weighted by molar-refractivity contribution is 0.472. The molecular weight excluding hydrogens is 178 g/mol. The van der Waals surface area contributed by atoms with E-state index in [1.54, 1.807) is 7.05 Å². The summed E-state index contributed by atoms with van der Waals surface area (Å²) in [7, 11) is 1.79. The number of rotatable bonds is 3. The van der Waals surface area contributed by atoms with Gasteiger partial charge in [-0.1, -0.05) is 0 Å². The maximum absolute atomic E-state index is 4.13. The average molecular weight is 193 g/mol. The maximum atomic E-state index is 4.13. The van der Waals surface area contributed by atoms with E-state index in [-0.39, 0.29) is 0 Å². The SMILES string of the molecule is Cn1nnc(CNC2CC3CC3C2)n1. The van der Waals surface area contributed by atoms with Crippen LogP contribution in [-0.4, -0.2) is 26.2 Å². The van der Waals surface area contributed by atoms with E-state index in [2.05, 4.69) is 20.7 Å². The molecule has 0 amide bonds. The first kappa shape index (κ1) is 8.35. The third kappa shape index (κ3) is 1.52. The molecule has 0 bridgehead atoms. The summed E-state index contributed by atoms with van der Waals surface area (Å²) in [5, 5.41) is 15.4. The van der Waals surface area contributed by atoms with Crippen molar-refractivity contribution < 1.29 is 0 Å². The molecule has 0 saturated heterocycles. The summed E-state index contributed by atoms with van der Waals surface area (Å²) in [6.07, 6.45) is 4.18. The van der Waals surface area contributed by atoms with Crippen molar-refractivity contribution in [3.63, 3.8) is 0 Å². The molecule has 5 heteroatoms. The number of hydrogen-bond acceptors (Lipinski definition) is 4. The van der Waals surface area contributed by atoms with E-state index in [4.69, 9.17) is 0 Å². The van der Waals surface area contributed by atoms with Gasteiger partial charge in [0.15, 0.2) is 5.82 Å². The van der Waals surface area contributed by atoms with Gasteiger partial charge in [-0.2, -0.15) is 4.80 Å². The molecule has 76 valence electrons. The molecule has 2 unspecified atom stereocenters. The van der Waals surface area contributed by atoms with E-state index in [1.807, 2.05) is 0 Å². The van der Waals surface area contributed by atoms with Crippen molar-refractivity contribution in [3.8, 4) is 0 Å². The molecule has 2 aliphatic carbocycles. The monoisotopic (exact) mass is 193 g/mol. The Morgan fingerprint density at radius 1 is 1.36 bits per heavy atom. The van der Waals surface area contributed by atoms with Crippen LogP contribution < -0.4 is 5.32 Å². The van der Waals surface area contributed by atoms with Crippen molar-refractivity contribution in [1.82, 2.24) is 25.5 Å². The van der Waals surface area contributed by atoms with Crippen LogP contribution in [0.25, 0.3) is 0 Å². The highest BCUT2D eigenvalue weighted by Gasteiger charge is 2.45. The second-order valence-corrected chi connectivity index (χ2v) is 4.50. The van der Waals surface area contributed by atoms with Gasteiger partial charge in [0.2, 0.25) is 0 Å². The van der Waals surface area contributed by atoms with Crippen LogP contribution in [0.5, 0.6) is 0 Å². The largest absolute Gasteiger partial charge is 0.307 e. The quantitative estimate of drug-likeness (QED) is 0.739. The Kier molecular flexibility index (Phi) is 1.80. The minimum absolute atomic E-state index is 0.697. The van der Waals surface area contributed by atoms with Gasteiger partial charge in [0, 0.05) is 6.04 Å². The predicted molar refractivity (Wildman–Crippen MR) is 50.3 cm³/mol. The van der Waals surface area contributed by atoms with E-state index in [0.29, 0.717) is 6.04 Å². The number of hydrogen-bond donors (Lipinski definition) is 1. The molecule has 2 saturated carbocycles. The molecular formula is C9H15N5. The first-order valence-corrected chi connectivity index (χ1v) is 5.27. The highest BCUT2D eigenvalue weighted by atomic mass is 15.6. The number of nitrogens with one attached hydrogen (secondary N) is 1. The normalized spacial score (nSPS) is 34.5. The van der Waals surface area contributed by atoms with Crippen molar-refractivity contribution in [2.45, 2.75) is 31.8 Å². The van der Waals surface area contributed by atoms with Crippen LogP contribution in [0.4, 0.5) is 0 Å². The molecule has 1 aromatic rings. The molecule has 0 radical (unpaired) electrons. The second kappa shape index (κ2) is 3.02. The van der Waals surface area contributed by atoms with Crippen molar-refractivity contribution >= 4 is 0 Å². The molecule has 1 N–H and O–H groups in total. The lowest BCUT2D eigenvalue weighted by Crippen LogP contribution is -2.27. The van der Waals surface area contributed by atoms with Crippen LogP contribution in [-0.2, 0) is 13.6 Å². The van der Waals surface area contributed by atoms with Crippen LogP contribution in [0.15, 0.2) is 0 Å². The minimum Gasteiger partial charge on any atom is -0.307 e. The Balaban J connectivity index is 1.50. The van der Waals surface area contributed by atoms with Crippen LogP contribution in [0.1, 0.15) is 25.1 Å². The molecule has 1 aromatic heterocycles. The Morgan fingerprint density at radius 3 is 2.79 bits per heavy atom. The summed E-state index contributed by atoms with van der Waals surface area (Å²) in [6, 6.07) is 0.697. The minimum atomic E-state index is 0.697. The van der Waals surface area contributed by atoms with Crippen LogP contribution in [0, 0.1) is 11.8 Å². The third-order valence-corrected chi connectivity index (χ3v) is 3.34. The fraction of sp³-hybridized carbons (Fsp3) is 0.889. The Labute approximate surface area is 82.9 Å². The average Bonchev–Trinajstić information content (AvgIpc) is 2.63. The van der Waals surface area contributed by atoms with Gasteiger partial charge in [-0.15, -0.1) is 10.2 Å². The van der Waals surface area contributed by atoms with Gasteiger partial charge in [-0.3, -0.25) is 0 Å². The zero-order valence-electron chi connectivity index (χ0n) is 8.35. The van der Waals surface area contributed by atoms with Gasteiger partial charge >= 0.3 is 0 Å². The molecule has 2 atom stereocenters. The standard InChI is InChI=1S/C9H15N5/c1-14-12-9(11-13-14)5-10-8-3-6-2-7(6)4-8/h6-8,10H,2-5H2,1H3. The van der Waals surface area contributed by atoms with Crippen molar-refractivity contribution in [3.05, 3.63) is 5.82 Å². The first-order valence-electron chi connectivity index (χ1n) is 5.27. The van der Waals surface area contributed by atoms with E-state index in [0.717, 1.165) is 24.2 Å². The smallest absolute Gasteiger partial charge is 0.188 e. The molecule has 2 fully saturated rings. The van der Waals surface area contributed by atoms with E-state index in [1.165, 1.54) is 24.1 Å². The van der Waals surface area contributed by atoms with E-state index in [9.17, 15) is 0 Å². The van der Waals surface area contributed by atoms with Crippen LogP contribution in [0.3, 0.4) is 0 Å². The molecule has 0 spiro atoms. The fourth-order valence-electron chi connectivity index (χ4n) is 2.51. The zero-order valence-corrected chi connectivity index (χ0v) is 8.35. The molecule has 0 aliphatic heterocycles. The number of nitrogens with zero attached hydrogens (tertiary/aromatic N) is 4. The van der Waals surface area contributed by atoms with E-state index < -0.39 is 0 Å². The number of fused-ring (bicyclic) bond motifs is 1. The van der Waals surface area contributed by atoms with Gasteiger partial charge in [-0.05, 0) is 36.3 Å². The summed E-state index contributed by atoms with van der Waals surface area (Å²) < 4.78 is 0. The summed E-state index contributed by atoms with van der Waals surface area (Å²) in [5.41, 5.74) is 0. The van der Waals surface area contributed by atoms with Crippen molar-refractivity contribution in [2.75, 3.05) is 0 Å². The molecule has 1 heterocycles. The predicted octanol–water partition coefficient (Wildman–Crippen LogP) is 0.0982. The molecule has 2 aliphatic rings. The van der Waals surface area contributed by atoms with Gasteiger partial charge in [0.1, 0.15) is 0 Å². The van der Waals surface area contributed by atoms with Gasteiger partial charge in [0.25, 0.3) is 0 Å². The molecule has 5 nitrogen and oxygen atoms in total. The summed E-state index contributed by atoms with van der Waals surface area (Å²) >= 11 is 0. The topological polar surface area (TPSA) is 55.6 Å². The van der Waals surface area contributed by atoms with Crippen LogP contribution >= 0.6 is 0 Å². The molecule has 3 rings (SSSR count). The molecule has 0 aromatic carbocycles. The summed E-state index contributed by atoms with van der Waals surface area (Å²) in [6.45, 7) is 0.762.